The summed E-state index contributed by atoms with van der Waals surface area (Å²) in [5, 5.41) is 27.9. The van der Waals surface area contributed by atoms with Crippen molar-refractivity contribution in [2.45, 2.75) is 12.1 Å². The number of carbonyl (C=O) groups excluding carboxylic acids is 4. The molecule has 2 atom stereocenters. The van der Waals surface area contributed by atoms with Crippen LogP contribution in [0.2, 0.25) is 0 Å². The maximum Gasteiger partial charge on any atom is 0.442 e. The minimum absolute atomic E-state index is 0.0488. The highest BCUT2D eigenvalue weighted by Gasteiger charge is 2.47. The topological polar surface area (TPSA) is 251 Å². The summed E-state index contributed by atoms with van der Waals surface area (Å²) >= 11 is 0. The van der Waals surface area contributed by atoms with Crippen molar-refractivity contribution in [2.24, 2.45) is 0 Å². The number of nitrogens with zero attached hydrogens (tertiary/aromatic N) is 10. The highest BCUT2D eigenvalue weighted by Crippen LogP contribution is 2.31. The van der Waals surface area contributed by atoms with Gasteiger partial charge in [-0.1, -0.05) is 0 Å². The minimum Gasteiger partial charge on any atom is -0.314 e. The van der Waals surface area contributed by atoms with E-state index in [1.165, 1.54) is 43.7 Å². The molecule has 8 rings (SSSR count). The number of hydrogen-bond donors (Lipinski definition) is 4. The number of carbonyl (C=O) groups is 4. The smallest absolute Gasteiger partial charge is 0.314 e. The Labute approximate surface area is 274 Å². The molecule has 6 amide bonds. The molecular weight excluding hydrogens is 668 g/mol. The van der Waals surface area contributed by atoms with E-state index in [2.05, 4.69) is 41.2 Å². The van der Waals surface area contributed by atoms with Gasteiger partial charge in [-0.25, -0.2) is 19.0 Å². The molecule has 23 heteroatoms. The van der Waals surface area contributed by atoms with Gasteiger partial charge in [0.2, 0.25) is 0 Å². The Kier molecular flexibility index (Phi) is 7.00. The molecule has 2 unspecified atom stereocenters. The van der Waals surface area contributed by atoms with Crippen LogP contribution in [-0.4, -0.2) is 130 Å². The van der Waals surface area contributed by atoms with Gasteiger partial charge in [0.1, 0.15) is 12.1 Å². The molecule has 4 aliphatic heterocycles. The van der Waals surface area contributed by atoms with E-state index in [1.807, 2.05) is 0 Å². The molecule has 4 aromatic rings. The van der Waals surface area contributed by atoms with Crippen LogP contribution >= 0.6 is 0 Å². The molecule has 2 fully saturated rings. The second-order valence-electron chi connectivity index (χ2n) is 11.1. The van der Waals surface area contributed by atoms with Gasteiger partial charge in [-0.3, -0.25) is 19.8 Å². The first-order valence-corrected chi connectivity index (χ1v) is 15.9. The molecule has 4 N–H and O–H groups in total. The number of rotatable bonds is 10. The van der Waals surface area contributed by atoms with Gasteiger partial charge in [-0.15, -0.1) is 8.57 Å². The quantitative estimate of drug-likeness (QED) is 0.168. The zero-order valence-corrected chi connectivity index (χ0v) is 25.7. The Morgan fingerprint density at radius 1 is 0.735 bits per heavy atom. The fourth-order valence-electron chi connectivity index (χ4n) is 5.68. The van der Waals surface area contributed by atoms with Crippen LogP contribution in [0.1, 0.15) is 21.0 Å². The van der Waals surface area contributed by atoms with E-state index in [0.717, 1.165) is 0 Å². The van der Waals surface area contributed by atoms with Crippen LogP contribution in [0.3, 0.4) is 0 Å². The zero-order valence-electron chi connectivity index (χ0n) is 24.9. The third-order valence-corrected chi connectivity index (χ3v) is 8.56. The Balaban J connectivity index is 0.932. The van der Waals surface area contributed by atoms with E-state index in [-0.39, 0.29) is 37.6 Å². The van der Waals surface area contributed by atoms with Crippen LogP contribution in [0, 0.1) is 0 Å². The fourth-order valence-corrected chi connectivity index (χ4v) is 6.45. The van der Waals surface area contributed by atoms with Gasteiger partial charge in [-0.05, 0) is 24.3 Å². The van der Waals surface area contributed by atoms with Crippen LogP contribution in [0.4, 0.5) is 21.2 Å². The lowest BCUT2D eigenvalue weighted by Crippen LogP contribution is -2.40. The lowest BCUT2D eigenvalue weighted by Gasteiger charge is -2.22. The van der Waals surface area contributed by atoms with Crippen molar-refractivity contribution < 1.29 is 36.2 Å². The van der Waals surface area contributed by atoms with Gasteiger partial charge in [0, 0.05) is 50.0 Å². The maximum atomic E-state index is 13.1. The average Bonchev–Trinajstić information content (AvgIpc) is 3.94. The molecule has 8 heterocycles. The van der Waals surface area contributed by atoms with E-state index >= 15 is 0 Å². The highest BCUT2D eigenvalue weighted by atomic mass is 32.3. The zero-order chi connectivity index (χ0) is 33.9. The molecule has 4 aliphatic rings. The standard InChI is InChI=1S/C26H24N14O8S/c41-23(29-21-1-5-27-31-21)19-3-7-37(33-19)15-9-17-13-35(11-15)25(43)39(17)47-49(45,46)48-40-18-10-16(12-36(14-18)26(40)44)38-8-4-20(34-38)24(42)30-22-2-6-28-32-22/h1-10,17-18H,11-14H2,(H2,27,29,31,41)(H2,28,30,32,42). The van der Waals surface area contributed by atoms with Crippen molar-refractivity contribution in [1.82, 2.24) is 59.9 Å². The first-order valence-electron chi connectivity index (χ1n) is 14.6. The van der Waals surface area contributed by atoms with Crippen molar-refractivity contribution in [3.63, 3.8) is 0 Å². The molecule has 0 spiro atoms. The van der Waals surface area contributed by atoms with E-state index in [9.17, 15) is 27.6 Å². The van der Waals surface area contributed by atoms with Crippen LogP contribution in [0.5, 0.6) is 0 Å². The molecule has 0 radical (unpaired) electrons. The van der Waals surface area contributed by atoms with Crippen LogP contribution in [0.15, 0.2) is 61.2 Å². The number of hydroxylamine groups is 4. The van der Waals surface area contributed by atoms with Gasteiger partial charge < -0.3 is 20.4 Å². The third kappa shape index (κ3) is 5.66. The van der Waals surface area contributed by atoms with Crippen LogP contribution in [0.25, 0.3) is 11.4 Å². The molecular formula is C26H24N14O8S. The average molecular weight is 693 g/mol. The summed E-state index contributed by atoms with van der Waals surface area (Å²) in [7, 11) is -4.99. The molecule has 0 saturated carbocycles. The summed E-state index contributed by atoms with van der Waals surface area (Å²) < 4.78 is 39.2. The Morgan fingerprint density at radius 3 is 1.59 bits per heavy atom. The Bertz CT molecular complexity index is 1990. The Hall–Kier alpha value is -6.33. The SMILES string of the molecule is O=C(Nc1cc[nH]n1)c1ccn(C2=CC3CN(C2)C(=O)N3OS(=O)(=O)ON2C(=O)N3CC(n4ccc(C(=O)Nc5cc[nH]n5)n4)=CC2C3)n1. The van der Waals surface area contributed by atoms with Crippen LogP contribution in [-0.2, 0) is 19.0 Å². The van der Waals surface area contributed by atoms with E-state index < -0.39 is 46.4 Å². The number of urea groups is 2. The molecule has 252 valence electrons. The first-order chi connectivity index (χ1) is 23.6. The fraction of sp³-hybridized carbons (Fsp3) is 0.231. The molecule has 0 aromatic carbocycles. The Morgan fingerprint density at radius 2 is 1.18 bits per heavy atom. The van der Waals surface area contributed by atoms with Crippen molar-refractivity contribution in [2.75, 3.05) is 36.8 Å². The minimum atomic E-state index is -4.99. The predicted molar refractivity (Wildman–Crippen MR) is 162 cm³/mol. The maximum absolute atomic E-state index is 13.1. The first kappa shape index (κ1) is 30.0. The molecule has 4 aromatic heterocycles. The van der Waals surface area contributed by atoms with Gasteiger partial charge in [0.05, 0.1) is 24.5 Å². The molecule has 4 bridgehead atoms. The largest absolute Gasteiger partial charge is 0.442 e. The molecule has 49 heavy (non-hydrogen) atoms. The van der Waals surface area contributed by atoms with Gasteiger partial charge in [0.15, 0.2) is 23.0 Å². The summed E-state index contributed by atoms with van der Waals surface area (Å²) in [6.45, 7) is 0.325. The number of H-pyrrole nitrogens is 2. The van der Waals surface area contributed by atoms with Crippen molar-refractivity contribution in [1.29, 1.82) is 0 Å². The van der Waals surface area contributed by atoms with Crippen molar-refractivity contribution in [3.8, 4) is 0 Å². The van der Waals surface area contributed by atoms with Crippen molar-refractivity contribution >= 4 is 57.3 Å². The van der Waals surface area contributed by atoms with E-state index in [4.69, 9.17) is 8.57 Å². The summed E-state index contributed by atoms with van der Waals surface area (Å²) in [4.78, 5) is 53.9. The number of amides is 6. The molecule has 0 aliphatic carbocycles. The number of fused-ring (bicyclic) bond motifs is 4. The number of aromatic nitrogens is 8. The number of hydrogen-bond acceptors (Lipinski definition) is 12. The number of anilines is 2. The summed E-state index contributed by atoms with van der Waals surface area (Å²) in [6.07, 6.45) is 9.32. The molecule has 22 nitrogen and oxygen atoms in total. The number of nitrogens with one attached hydrogen (secondary N) is 4. The monoisotopic (exact) mass is 692 g/mol. The van der Waals surface area contributed by atoms with Gasteiger partial charge in [-0.2, -0.15) is 38.9 Å². The third-order valence-electron chi connectivity index (χ3n) is 7.87. The van der Waals surface area contributed by atoms with Gasteiger partial charge in [0.25, 0.3) is 11.8 Å². The van der Waals surface area contributed by atoms with Crippen molar-refractivity contribution in [3.05, 3.63) is 72.6 Å². The summed E-state index contributed by atoms with van der Waals surface area (Å²) in [5.74, 6) is -0.376. The lowest BCUT2D eigenvalue weighted by molar-refractivity contribution is -0.0723. The van der Waals surface area contributed by atoms with Crippen LogP contribution < -0.4 is 10.6 Å². The predicted octanol–water partition coefficient (Wildman–Crippen LogP) is -0.240. The van der Waals surface area contributed by atoms with E-state index in [1.54, 1.807) is 36.7 Å². The lowest BCUT2D eigenvalue weighted by atomic mass is 10.2. The highest BCUT2D eigenvalue weighted by molar-refractivity contribution is 7.81. The number of aromatic amines is 2. The second kappa shape index (κ2) is 11.4. The van der Waals surface area contributed by atoms with E-state index in [0.29, 0.717) is 33.2 Å². The summed E-state index contributed by atoms with van der Waals surface area (Å²) in [6, 6.07) is 2.88. The molecule has 2 saturated heterocycles. The van der Waals surface area contributed by atoms with Gasteiger partial charge >= 0.3 is 22.5 Å². The summed E-state index contributed by atoms with van der Waals surface area (Å²) in [5.41, 5.74) is 1.15. The second-order valence-corrected chi connectivity index (χ2v) is 12.2. The normalized spacial score (nSPS) is 20.2.